The molecule has 4 heteroatoms. The molecule has 1 aromatic carbocycles. The number of halogens is 2. The summed E-state index contributed by atoms with van der Waals surface area (Å²) in [6.07, 6.45) is 0. The van der Waals surface area contributed by atoms with Crippen LogP contribution in [0.2, 0.25) is 0 Å². The van der Waals surface area contributed by atoms with Gasteiger partial charge in [-0.1, -0.05) is 0 Å². The Bertz CT molecular complexity index is 253. The van der Waals surface area contributed by atoms with Crippen molar-refractivity contribution in [3.05, 3.63) is 28.8 Å². The average Bonchev–Trinajstić information content (AvgIpc) is 1.85. The van der Waals surface area contributed by atoms with E-state index in [9.17, 15) is 0 Å². The van der Waals surface area contributed by atoms with Crippen molar-refractivity contribution < 1.29 is 25.0 Å². The van der Waals surface area contributed by atoms with Gasteiger partial charge in [0.1, 0.15) is 0 Å². The minimum absolute atomic E-state index is 0. The summed E-state index contributed by atoms with van der Waals surface area (Å²) in [5.74, 6) is 0. The molecule has 0 aromatic heterocycles. The second kappa shape index (κ2) is 6.87. The molecule has 73 valence electrons. The smallest absolute Gasteiger partial charge is 0.147 e. The summed E-state index contributed by atoms with van der Waals surface area (Å²) in [5, 5.41) is 0. The van der Waals surface area contributed by atoms with Crippen molar-refractivity contribution in [3.8, 4) is 0 Å². The minimum atomic E-state index is 0. The van der Waals surface area contributed by atoms with Gasteiger partial charge in [-0.05, 0) is 0 Å². The van der Waals surface area contributed by atoms with Gasteiger partial charge in [0, 0.05) is 0 Å². The molecule has 0 heterocycles. The predicted octanol–water partition coefficient (Wildman–Crippen LogP) is 3.33. The van der Waals surface area contributed by atoms with Crippen molar-refractivity contribution in [1.82, 2.24) is 0 Å². The van der Waals surface area contributed by atoms with Crippen LogP contribution >= 0.6 is 24.8 Å². The molecule has 0 saturated heterocycles. The van der Waals surface area contributed by atoms with E-state index in [1.165, 1.54) is 47.4 Å². The van der Waals surface area contributed by atoms with Gasteiger partial charge >= 0.3 is 83.6 Å². The summed E-state index contributed by atoms with van der Waals surface area (Å²) in [5.41, 5.74) is 5.34. The first kappa shape index (κ1) is 15.9. The summed E-state index contributed by atoms with van der Waals surface area (Å²) < 4.78 is 3.28. The van der Waals surface area contributed by atoms with Crippen molar-refractivity contribution in [3.63, 3.8) is 0 Å². The van der Waals surface area contributed by atoms with Crippen LogP contribution in [-0.2, 0) is 25.0 Å². The zero-order valence-electron chi connectivity index (χ0n) is 7.97. The SMILES string of the molecule is Cc1cc(C)c([NH][Zr])c(C)c1.Cl.Cl. The molecule has 0 spiro atoms. The standard InChI is InChI=1S/C9H12N.2ClH.Zr/c1-6-4-7(2)9(10)8(3)5-6;;;/h4-5,10H,1-3H3;2*1H;/q-1;;;+1. The predicted molar refractivity (Wildman–Crippen MR) is 58.8 cm³/mol. The zero-order chi connectivity index (χ0) is 8.43. The molecule has 0 atom stereocenters. The molecule has 0 aliphatic carbocycles. The van der Waals surface area contributed by atoms with E-state index in [-0.39, 0.29) is 24.8 Å². The van der Waals surface area contributed by atoms with E-state index < -0.39 is 0 Å². The van der Waals surface area contributed by atoms with Crippen molar-refractivity contribution in [2.24, 2.45) is 0 Å². The molecule has 1 nitrogen and oxygen atoms in total. The Labute approximate surface area is 108 Å². The van der Waals surface area contributed by atoms with E-state index in [0.717, 1.165) is 0 Å². The summed E-state index contributed by atoms with van der Waals surface area (Å²) in [4.78, 5) is 0. The first-order valence-corrected chi connectivity index (χ1v) is 4.88. The molecule has 0 amide bonds. The molecular weight excluding hydrogens is 284 g/mol. The number of nitrogens with one attached hydrogen (secondary N) is 1. The normalized spacial score (nSPS) is 8.15. The van der Waals surface area contributed by atoms with Gasteiger partial charge in [-0.2, -0.15) is 0 Å². The molecule has 0 unspecified atom stereocenters. The van der Waals surface area contributed by atoms with E-state index in [2.05, 4.69) is 36.2 Å². The summed E-state index contributed by atoms with van der Waals surface area (Å²) >= 11 is 1.35. The fraction of sp³-hybridized carbons (Fsp3) is 0.333. The molecule has 1 N–H and O–H groups in total. The van der Waals surface area contributed by atoms with Crippen LogP contribution in [0.15, 0.2) is 12.1 Å². The average molecular weight is 298 g/mol. The first-order chi connectivity index (χ1) is 5.15. The van der Waals surface area contributed by atoms with Crippen molar-refractivity contribution in [2.75, 3.05) is 3.26 Å². The fourth-order valence-electron chi connectivity index (χ4n) is 1.38. The maximum absolute atomic E-state index is 3.28. The Morgan fingerprint density at radius 2 is 1.38 bits per heavy atom. The topological polar surface area (TPSA) is 12.0 Å². The van der Waals surface area contributed by atoms with Gasteiger partial charge in [0.15, 0.2) is 0 Å². The van der Waals surface area contributed by atoms with Crippen LogP contribution in [0.3, 0.4) is 0 Å². The summed E-state index contributed by atoms with van der Waals surface area (Å²) in [7, 11) is 0. The number of anilines is 1. The number of hydrogen-bond acceptors (Lipinski definition) is 1. The van der Waals surface area contributed by atoms with Crippen LogP contribution in [0, 0.1) is 20.8 Å². The van der Waals surface area contributed by atoms with Crippen LogP contribution in [0.4, 0.5) is 5.69 Å². The van der Waals surface area contributed by atoms with Crippen molar-refractivity contribution >= 4 is 30.5 Å². The Balaban J connectivity index is 0. The third-order valence-electron chi connectivity index (χ3n) is 1.80. The quantitative estimate of drug-likeness (QED) is 0.838. The Kier molecular flexibility index (Phi) is 8.42. The summed E-state index contributed by atoms with van der Waals surface area (Å²) in [6.45, 7) is 6.42. The van der Waals surface area contributed by atoms with Crippen LogP contribution in [0.1, 0.15) is 16.7 Å². The summed E-state index contributed by atoms with van der Waals surface area (Å²) in [6, 6.07) is 4.42. The third kappa shape index (κ3) is 4.02. The van der Waals surface area contributed by atoms with Crippen LogP contribution in [0.25, 0.3) is 0 Å². The number of aryl methyl sites for hydroxylation is 3. The Morgan fingerprint density at radius 3 is 1.69 bits per heavy atom. The van der Waals surface area contributed by atoms with Gasteiger partial charge < -0.3 is 0 Å². The zero-order valence-corrected chi connectivity index (χ0v) is 12.1. The van der Waals surface area contributed by atoms with Gasteiger partial charge in [0.05, 0.1) is 0 Å². The molecule has 13 heavy (non-hydrogen) atoms. The van der Waals surface area contributed by atoms with E-state index >= 15 is 0 Å². The van der Waals surface area contributed by atoms with E-state index in [1.807, 2.05) is 0 Å². The van der Waals surface area contributed by atoms with Crippen LogP contribution < -0.4 is 3.26 Å². The number of rotatable bonds is 1. The Morgan fingerprint density at radius 1 is 1.00 bits per heavy atom. The third-order valence-corrected chi connectivity index (χ3v) is 2.42. The van der Waals surface area contributed by atoms with E-state index in [0.29, 0.717) is 0 Å². The Hall–Kier alpha value is 0.483. The van der Waals surface area contributed by atoms with Gasteiger partial charge in [0.2, 0.25) is 0 Å². The van der Waals surface area contributed by atoms with Gasteiger partial charge in [0.25, 0.3) is 0 Å². The minimum Gasteiger partial charge on any atom is -0.147 e. The number of benzene rings is 1. The molecule has 1 aromatic rings. The second-order valence-electron chi connectivity index (χ2n) is 2.90. The fourth-order valence-corrected chi connectivity index (χ4v) is 2.35. The number of hydrogen-bond donors (Lipinski definition) is 1. The molecule has 0 aliphatic heterocycles. The molecule has 1 rings (SSSR count). The molecule has 0 radical (unpaired) electrons. The first-order valence-electron chi connectivity index (χ1n) is 3.65. The van der Waals surface area contributed by atoms with E-state index in [1.54, 1.807) is 0 Å². The molecule has 0 aliphatic rings. The van der Waals surface area contributed by atoms with Crippen molar-refractivity contribution in [2.45, 2.75) is 20.8 Å². The molecule has 0 bridgehead atoms. The van der Waals surface area contributed by atoms with Crippen LogP contribution in [-0.4, -0.2) is 0 Å². The maximum Gasteiger partial charge on any atom is -0.147 e. The second-order valence-corrected chi connectivity index (χ2v) is 3.51. The molecule has 0 fully saturated rings. The largest absolute Gasteiger partial charge is 0.147 e. The van der Waals surface area contributed by atoms with Gasteiger partial charge in [-0.25, -0.2) is 0 Å². The van der Waals surface area contributed by atoms with Gasteiger partial charge in [-0.3, -0.25) is 0 Å². The van der Waals surface area contributed by atoms with E-state index in [4.69, 9.17) is 0 Å². The monoisotopic (exact) mass is 296 g/mol. The van der Waals surface area contributed by atoms with Crippen molar-refractivity contribution in [1.29, 1.82) is 0 Å². The molecular formula is C9H14Cl2NZr. The van der Waals surface area contributed by atoms with Gasteiger partial charge in [-0.15, -0.1) is 24.8 Å². The molecule has 0 saturated carbocycles. The van der Waals surface area contributed by atoms with Crippen LogP contribution in [0.5, 0.6) is 0 Å². The maximum atomic E-state index is 3.28.